The molecule has 2 aromatic heterocycles. The SMILES string of the molecule is CCc1cnc(Cn2c(=O)[nH]c3c(C(=O)O)cccc32)s1. The highest BCUT2D eigenvalue weighted by Gasteiger charge is 2.15. The minimum absolute atomic E-state index is 0.0942. The van der Waals surface area contributed by atoms with E-state index in [1.54, 1.807) is 23.5 Å². The average Bonchev–Trinajstić information content (AvgIpc) is 3.04. The highest BCUT2D eigenvalue weighted by molar-refractivity contribution is 7.11. The van der Waals surface area contributed by atoms with E-state index in [1.165, 1.54) is 10.6 Å². The zero-order valence-electron chi connectivity index (χ0n) is 11.3. The van der Waals surface area contributed by atoms with E-state index in [1.807, 2.05) is 13.1 Å². The molecule has 21 heavy (non-hydrogen) atoms. The average molecular weight is 303 g/mol. The van der Waals surface area contributed by atoms with Crippen LogP contribution in [0.25, 0.3) is 11.0 Å². The molecule has 0 aliphatic carbocycles. The van der Waals surface area contributed by atoms with E-state index in [2.05, 4.69) is 9.97 Å². The van der Waals surface area contributed by atoms with Gasteiger partial charge >= 0.3 is 11.7 Å². The molecule has 2 heterocycles. The molecular weight excluding hydrogens is 290 g/mol. The molecule has 2 N–H and O–H groups in total. The Labute approximate surface area is 123 Å². The Morgan fingerprint density at radius 1 is 1.48 bits per heavy atom. The lowest BCUT2D eigenvalue weighted by Crippen LogP contribution is -2.17. The number of fused-ring (bicyclic) bond motifs is 1. The summed E-state index contributed by atoms with van der Waals surface area (Å²) in [6.45, 7) is 2.39. The maximum atomic E-state index is 12.1. The fraction of sp³-hybridized carbons (Fsp3) is 0.214. The van der Waals surface area contributed by atoms with Crippen molar-refractivity contribution in [3.8, 4) is 0 Å². The predicted octanol–water partition coefficient (Wildman–Crippen LogP) is 2.09. The van der Waals surface area contributed by atoms with Crippen molar-refractivity contribution in [1.82, 2.24) is 14.5 Å². The lowest BCUT2D eigenvalue weighted by atomic mass is 10.2. The molecule has 1 aromatic carbocycles. The number of aromatic nitrogens is 3. The second kappa shape index (κ2) is 5.17. The number of hydrogen-bond donors (Lipinski definition) is 2. The van der Waals surface area contributed by atoms with Crippen molar-refractivity contribution < 1.29 is 9.90 Å². The van der Waals surface area contributed by atoms with Crippen LogP contribution in [0, 0.1) is 0 Å². The van der Waals surface area contributed by atoms with Gasteiger partial charge in [0.25, 0.3) is 0 Å². The van der Waals surface area contributed by atoms with Gasteiger partial charge in [-0.05, 0) is 18.6 Å². The van der Waals surface area contributed by atoms with Crippen molar-refractivity contribution >= 4 is 28.3 Å². The highest BCUT2D eigenvalue weighted by atomic mass is 32.1. The second-order valence-corrected chi connectivity index (χ2v) is 5.79. The van der Waals surface area contributed by atoms with Crippen molar-refractivity contribution in [3.63, 3.8) is 0 Å². The topological polar surface area (TPSA) is 88.0 Å². The number of carboxylic acids is 1. The number of carbonyl (C=O) groups is 1. The molecule has 3 rings (SSSR count). The van der Waals surface area contributed by atoms with Crippen LogP contribution in [-0.4, -0.2) is 25.6 Å². The zero-order valence-corrected chi connectivity index (χ0v) is 12.1. The third-order valence-corrected chi connectivity index (χ3v) is 4.41. The zero-order chi connectivity index (χ0) is 15.0. The van der Waals surface area contributed by atoms with Crippen molar-refractivity contribution in [3.05, 3.63) is 50.3 Å². The number of H-pyrrole nitrogens is 1. The van der Waals surface area contributed by atoms with E-state index in [0.29, 0.717) is 17.6 Å². The van der Waals surface area contributed by atoms with E-state index in [-0.39, 0.29) is 11.3 Å². The standard InChI is InChI=1S/C14H13N3O3S/c1-2-8-6-15-11(21-8)7-17-10-5-3-4-9(13(18)19)12(10)16-14(17)20/h3-6H,2,7H2,1H3,(H,16,20)(H,18,19). The number of imidazole rings is 1. The normalized spacial score (nSPS) is 11.1. The molecule has 0 radical (unpaired) electrons. The summed E-state index contributed by atoms with van der Waals surface area (Å²) in [6.07, 6.45) is 2.71. The number of nitrogens with one attached hydrogen (secondary N) is 1. The number of carboxylic acid groups (broad SMARTS) is 1. The van der Waals surface area contributed by atoms with Gasteiger partial charge in [0.15, 0.2) is 0 Å². The summed E-state index contributed by atoms with van der Waals surface area (Å²) in [5.41, 5.74) is 0.694. The van der Waals surface area contributed by atoms with Crippen LogP contribution in [0.5, 0.6) is 0 Å². The van der Waals surface area contributed by atoms with Gasteiger partial charge in [-0.2, -0.15) is 0 Å². The third-order valence-electron chi connectivity index (χ3n) is 3.28. The number of benzene rings is 1. The molecule has 0 saturated heterocycles. The highest BCUT2D eigenvalue weighted by Crippen LogP contribution is 2.19. The smallest absolute Gasteiger partial charge is 0.337 e. The minimum atomic E-state index is -1.06. The number of nitrogens with zero attached hydrogens (tertiary/aromatic N) is 2. The van der Waals surface area contributed by atoms with Crippen LogP contribution in [0.3, 0.4) is 0 Å². The molecule has 0 aliphatic rings. The number of aromatic carboxylic acids is 1. The molecule has 0 saturated carbocycles. The van der Waals surface area contributed by atoms with Crippen LogP contribution in [0.15, 0.2) is 29.2 Å². The first kappa shape index (κ1) is 13.6. The molecule has 0 spiro atoms. The van der Waals surface area contributed by atoms with E-state index >= 15 is 0 Å². The Bertz CT molecular complexity index is 875. The van der Waals surface area contributed by atoms with Gasteiger partial charge in [0.1, 0.15) is 5.01 Å². The summed E-state index contributed by atoms with van der Waals surface area (Å²) >= 11 is 1.56. The molecule has 0 fully saturated rings. The van der Waals surface area contributed by atoms with E-state index < -0.39 is 5.97 Å². The summed E-state index contributed by atoms with van der Waals surface area (Å²) in [4.78, 5) is 31.4. The fourth-order valence-electron chi connectivity index (χ4n) is 2.24. The molecule has 7 heteroatoms. The van der Waals surface area contributed by atoms with Gasteiger partial charge < -0.3 is 10.1 Å². The lowest BCUT2D eigenvalue weighted by Gasteiger charge is -2.01. The molecule has 0 bridgehead atoms. The molecule has 6 nitrogen and oxygen atoms in total. The lowest BCUT2D eigenvalue weighted by molar-refractivity contribution is 0.0699. The quantitative estimate of drug-likeness (QED) is 0.772. The Hall–Kier alpha value is -2.41. The summed E-state index contributed by atoms with van der Waals surface area (Å²) in [5, 5.41) is 10.00. The number of aryl methyl sites for hydroxylation is 1. The molecule has 0 atom stereocenters. The molecule has 0 amide bonds. The maximum absolute atomic E-state index is 12.1. The number of aromatic amines is 1. The fourth-order valence-corrected chi connectivity index (χ4v) is 3.09. The van der Waals surface area contributed by atoms with Crippen molar-refractivity contribution in [2.45, 2.75) is 19.9 Å². The maximum Gasteiger partial charge on any atom is 0.337 e. The van der Waals surface area contributed by atoms with Gasteiger partial charge in [-0.1, -0.05) is 13.0 Å². The monoisotopic (exact) mass is 303 g/mol. The van der Waals surface area contributed by atoms with Crippen LogP contribution < -0.4 is 5.69 Å². The Morgan fingerprint density at radius 2 is 2.29 bits per heavy atom. The van der Waals surface area contributed by atoms with E-state index in [4.69, 9.17) is 5.11 Å². The second-order valence-electron chi connectivity index (χ2n) is 4.60. The Morgan fingerprint density at radius 3 is 2.95 bits per heavy atom. The van der Waals surface area contributed by atoms with Gasteiger partial charge in [-0.15, -0.1) is 11.3 Å². The van der Waals surface area contributed by atoms with E-state index in [9.17, 15) is 9.59 Å². The summed E-state index contributed by atoms with van der Waals surface area (Å²) in [5.74, 6) is -1.06. The Kier molecular flexibility index (Phi) is 3.34. The van der Waals surface area contributed by atoms with Crippen molar-refractivity contribution in [1.29, 1.82) is 0 Å². The van der Waals surface area contributed by atoms with Crippen LogP contribution in [0.2, 0.25) is 0 Å². The molecule has 0 unspecified atom stereocenters. The minimum Gasteiger partial charge on any atom is -0.478 e. The first-order valence-corrected chi connectivity index (χ1v) is 7.30. The van der Waals surface area contributed by atoms with Gasteiger partial charge in [0.2, 0.25) is 0 Å². The summed E-state index contributed by atoms with van der Waals surface area (Å²) in [7, 11) is 0. The molecule has 0 aliphatic heterocycles. The van der Waals surface area contributed by atoms with Gasteiger partial charge in [0, 0.05) is 11.1 Å². The largest absolute Gasteiger partial charge is 0.478 e. The van der Waals surface area contributed by atoms with Gasteiger partial charge in [-0.3, -0.25) is 4.57 Å². The third kappa shape index (κ3) is 2.36. The van der Waals surface area contributed by atoms with Crippen LogP contribution in [0.1, 0.15) is 27.2 Å². The number of para-hydroxylation sites is 1. The van der Waals surface area contributed by atoms with Crippen LogP contribution in [0.4, 0.5) is 0 Å². The van der Waals surface area contributed by atoms with E-state index in [0.717, 1.165) is 16.3 Å². The van der Waals surface area contributed by atoms with Crippen molar-refractivity contribution in [2.24, 2.45) is 0 Å². The molecule has 108 valence electrons. The number of thiazole rings is 1. The van der Waals surface area contributed by atoms with Gasteiger partial charge in [-0.25, -0.2) is 14.6 Å². The van der Waals surface area contributed by atoms with Gasteiger partial charge in [0.05, 0.1) is 23.1 Å². The van der Waals surface area contributed by atoms with Crippen LogP contribution in [-0.2, 0) is 13.0 Å². The van der Waals surface area contributed by atoms with Crippen molar-refractivity contribution in [2.75, 3.05) is 0 Å². The summed E-state index contributed by atoms with van der Waals surface area (Å²) < 4.78 is 1.51. The molecular formula is C14H13N3O3S. The first-order valence-electron chi connectivity index (χ1n) is 6.48. The molecule has 3 aromatic rings. The number of rotatable bonds is 4. The van der Waals surface area contributed by atoms with Crippen LogP contribution >= 0.6 is 11.3 Å². The Balaban J connectivity index is 2.10. The first-order chi connectivity index (χ1) is 10.1. The summed E-state index contributed by atoms with van der Waals surface area (Å²) in [6, 6.07) is 4.84. The number of hydrogen-bond acceptors (Lipinski definition) is 4. The predicted molar refractivity (Wildman–Crippen MR) is 80.1 cm³/mol.